The van der Waals surface area contributed by atoms with Gasteiger partial charge in [0.2, 0.25) is 0 Å². The predicted molar refractivity (Wildman–Crippen MR) is 120 cm³/mol. The number of morpholine rings is 1. The van der Waals surface area contributed by atoms with Crippen LogP contribution in [0, 0.1) is 0 Å². The highest BCUT2D eigenvalue weighted by molar-refractivity contribution is 5.84. The summed E-state index contributed by atoms with van der Waals surface area (Å²) in [5, 5.41) is 10.5. The summed E-state index contributed by atoms with van der Waals surface area (Å²) >= 11 is 0. The molecule has 1 aliphatic rings. The second kappa shape index (κ2) is 10.4. The van der Waals surface area contributed by atoms with E-state index < -0.39 is 0 Å². The van der Waals surface area contributed by atoms with Crippen LogP contribution in [-0.2, 0) is 4.74 Å². The Kier molecular flexibility index (Phi) is 7.67. The highest BCUT2D eigenvalue weighted by Crippen LogP contribution is 2.28. The maximum Gasteiger partial charge on any atom is 0.126 e. The third-order valence-corrected chi connectivity index (χ3v) is 5.63. The van der Waals surface area contributed by atoms with Crippen molar-refractivity contribution in [2.24, 2.45) is 4.99 Å². The van der Waals surface area contributed by atoms with Crippen molar-refractivity contribution in [3.63, 3.8) is 0 Å². The van der Waals surface area contributed by atoms with Crippen molar-refractivity contribution in [3.05, 3.63) is 59.7 Å². The van der Waals surface area contributed by atoms with Crippen LogP contribution in [0.15, 0.2) is 53.5 Å². The topological polar surface area (TPSA) is 48.3 Å². The third-order valence-electron chi connectivity index (χ3n) is 5.63. The monoisotopic (exact) mass is 395 g/mol. The minimum absolute atomic E-state index is 0.0531. The number of ether oxygens (including phenoxy) is 1. The Morgan fingerprint density at radius 2 is 1.79 bits per heavy atom. The molecule has 3 rings (SSSR count). The highest BCUT2D eigenvalue weighted by Gasteiger charge is 2.27. The van der Waals surface area contributed by atoms with Crippen LogP contribution in [-0.4, -0.2) is 61.7 Å². The molecule has 0 unspecified atom stereocenters. The van der Waals surface area contributed by atoms with Gasteiger partial charge in [-0.1, -0.05) is 30.3 Å². The molecule has 0 radical (unpaired) electrons. The van der Waals surface area contributed by atoms with Crippen LogP contribution >= 0.6 is 0 Å². The maximum atomic E-state index is 10.5. The SMILES string of the molecule is CCN(CC)c1ccc(C=N[C@H](C)[C@@H](c2ccccc2)N2CCOCC2)c(O)c1. The molecule has 0 spiro atoms. The molecule has 0 amide bonds. The number of benzene rings is 2. The smallest absolute Gasteiger partial charge is 0.126 e. The molecule has 0 aliphatic carbocycles. The Morgan fingerprint density at radius 3 is 2.41 bits per heavy atom. The Hall–Kier alpha value is -2.37. The van der Waals surface area contributed by atoms with E-state index in [1.807, 2.05) is 24.4 Å². The molecule has 1 saturated heterocycles. The zero-order chi connectivity index (χ0) is 20.6. The van der Waals surface area contributed by atoms with Crippen molar-refractivity contribution in [2.45, 2.75) is 32.9 Å². The number of aromatic hydroxyl groups is 1. The average Bonchev–Trinajstić information content (AvgIpc) is 2.76. The highest BCUT2D eigenvalue weighted by atomic mass is 16.5. The van der Waals surface area contributed by atoms with Crippen LogP contribution in [0.3, 0.4) is 0 Å². The van der Waals surface area contributed by atoms with Gasteiger partial charge in [-0.3, -0.25) is 9.89 Å². The Labute approximate surface area is 174 Å². The lowest BCUT2D eigenvalue weighted by molar-refractivity contribution is 0.0119. The van der Waals surface area contributed by atoms with Crippen LogP contribution in [0.4, 0.5) is 5.69 Å². The molecule has 2 atom stereocenters. The first-order chi connectivity index (χ1) is 14.1. The normalized spacial score (nSPS) is 17.3. The summed E-state index contributed by atoms with van der Waals surface area (Å²) in [5.74, 6) is 0.271. The van der Waals surface area contributed by atoms with E-state index in [4.69, 9.17) is 9.73 Å². The summed E-state index contributed by atoms with van der Waals surface area (Å²) < 4.78 is 5.54. The zero-order valence-corrected chi connectivity index (χ0v) is 17.8. The number of phenols is 1. The summed E-state index contributed by atoms with van der Waals surface area (Å²) in [6, 6.07) is 16.6. The quantitative estimate of drug-likeness (QED) is 0.683. The molecule has 5 heteroatoms. The molecule has 2 aromatic rings. The molecule has 1 heterocycles. The van der Waals surface area contributed by atoms with Gasteiger partial charge in [-0.15, -0.1) is 0 Å². The van der Waals surface area contributed by atoms with Crippen LogP contribution in [0.5, 0.6) is 5.75 Å². The van der Waals surface area contributed by atoms with E-state index in [1.165, 1.54) is 5.56 Å². The molecule has 29 heavy (non-hydrogen) atoms. The summed E-state index contributed by atoms with van der Waals surface area (Å²) in [4.78, 5) is 9.50. The summed E-state index contributed by atoms with van der Waals surface area (Å²) in [5.41, 5.74) is 3.05. The molecule has 1 aliphatic heterocycles. The second-order valence-corrected chi connectivity index (χ2v) is 7.44. The van der Waals surface area contributed by atoms with Crippen molar-refractivity contribution < 1.29 is 9.84 Å². The number of hydrogen-bond acceptors (Lipinski definition) is 5. The predicted octanol–water partition coefficient (Wildman–Crippen LogP) is 4.12. The summed E-state index contributed by atoms with van der Waals surface area (Å²) in [6.45, 7) is 11.5. The van der Waals surface area contributed by atoms with E-state index in [0.717, 1.165) is 50.6 Å². The number of anilines is 1. The lowest BCUT2D eigenvalue weighted by Gasteiger charge is -2.37. The Morgan fingerprint density at radius 1 is 1.10 bits per heavy atom. The first kappa shape index (κ1) is 21.3. The molecule has 156 valence electrons. The van der Waals surface area contributed by atoms with Gasteiger partial charge in [-0.2, -0.15) is 0 Å². The number of hydrogen-bond donors (Lipinski definition) is 1. The van der Waals surface area contributed by atoms with Crippen molar-refractivity contribution in [2.75, 3.05) is 44.3 Å². The fourth-order valence-electron chi connectivity index (χ4n) is 4.01. The molecular formula is C24H33N3O2. The molecule has 5 nitrogen and oxygen atoms in total. The maximum absolute atomic E-state index is 10.5. The number of aliphatic imine (C=N–C) groups is 1. The standard InChI is InChI=1S/C24H33N3O2/c1-4-26(5-2)22-12-11-21(23(28)17-22)18-25-19(3)24(20-9-7-6-8-10-20)27-13-15-29-16-14-27/h6-12,17-19,24,28H,4-5,13-16H2,1-3H3/t19-,24+/m1/s1. The van der Waals surface area contributed by atoms with E-state index >= 15 is 0 Å². The fraction of sp³-hybridized carbons (Fsp3) is 0.458. The molecule has 0 bridgehead atoms. The minimum atomic E-state index is 0.0531. The lowest BCUT2D eigenvalue weighted by atomic mass is 9.98. The zero-order valence-electron chi connectivity index (χ0n) is 17.8. The third kappa shape index (κ3) is 5.37. The minimum Gasteiger partial charge on any atom is -0.507 e. The lowest BCUT2D eigenvalue weighted by Crippen LogP contribution is -2.42. The van der Waals surface area contributed by atoms with Gasteiger partial charge in [0.1, 0.15) is 5.75 Å². The van der Waals surface area contributed by atoms with E-state index in [0.29, 0.717) is 0 Å². The van der Waals surface area contributed by atoms with Gasteiger partial charge in [-0.25, -0.2) is 0 Å². The molecule has 1 N–H and O–H groups in total. The van der Waals surface area contributed by atoms with Gasteiger partial charge >= 0.3 is 0 Å². The van der Waals surface area contributed by atoms with Gasteiger partial charge in [0, 0.05) is 49.7 Å². The number of nitrogens with zero attached hydrogens (tertiary/aromatic N) is 3. The summed E-state index contributed by atoms with van der Waals surface area (Å²) in [7, 11) is 0. The second-order valence-electron chi connectivity index (χ2n) is 7.44. The van der Waals surface area contributed by atoms with E-state index in [-0.39, 0.29) is 17.8 Å². The Balaban J connectivity index is 1.80. The van der Waals surface area contributed by atoms with Crippen molar-refractivity contribution in [3.8, 4) is 5.75 Å². The first-order valence-electron chi connectivity index (χ1n) is 10.6. The van der Waals surface area contributed by atoms with Crippen LogP contribution in [0.25, 0.3) is 0 Å². The van der Waals surface area contributed by atoms with Gasteiger partial charge in [0.25, 0.3) is 0 Å². The van der Waals surface area contributed by atoms with Gasteiger partial charge in [0.05, 0.1) is 25.3 Å². The van der Waals surface area contributed by atoms with E-state index in [9.17, 15) is 5.11 Å². The largest absolute Gasteiger partial charge is 0.507 e. The van der Waals surface area contributed by atoms with Crippen LogP contribution < -0.4 is 4.90 Å². The first-order valence-corrected chi connectivity index (χ1v) is 10.6. The van der Waals surface area contributed by atoms with Crippen molar-refractivity contribution in [1.29, 1.82) is 0 Å². The molecular weight excluding hydrogens is 362 g/mol. The van der Waals surface area contributed by atoms with Gasteiger partial charge < -0.3 is 14.7 Å². The van der Waals surface area contributed by atoms with Crippen LogP contribution in [0.2, 0.25) is 0 Å². The van der Waals surface area contributed by atoms with E-state index in [2.05, 4.69) is 60.9 Å². The van der Waals surface area contributed by atoms with Crippen LogP contribution in [0.1, 0.15) is 37.9 Å². The van der Waals surface area contributed by atoms with Gasteiger partial charge in [0.15, 0.2) is 0 Å². The number of rotatable bonds is 8. The van der Waals surface area contributed by atoms with Gasteiger partial charge in [-0.05, 0) is 38.5 Å². The Bertz CT molecular complexity index is 784. The fourth-order valence-corrected chi connectivity index (χ4v) is 4.01. The number of phenolic OH excluding ortho intramolecular Hbond substituents is 1. The molecule has 0 saturated carbocycles. The average molecular weight is 396 g/mol. The molecule has 1 fully saturated rings. The summed E-state index contributed by atoms with van der Waals surface area (Å²) in [6.07, 6.45) is 1.81. The molecule has 2 aromatic carbocycles. The molecule has 0 aromatic heterocycles. The van der Waals surface area contributed by atoms with Crippen molar-refractivity contribution in [1.82, 2.24) is 4.90 Å². The van der Waals surface area contributed by atoms with Crippen molar-refractivity contribution >= 4 is 11.9 Å². The van der Waals surface area contributed by atoms with E-state index in [1.54, 1.807) is 0 Å².